The highest BCUT2D eigenvalue weighted by Crippen LogP contribution is 2.27. The third-order valence-electron chi connectivity index (χ3n) is 4.33. The third kappa shape index (κ3) is 4.53. The Morgan fingerprint density at radius 1 is 1.37 bits per heavy atom. The first-order chi connectivity index (χ1) is 13.1. The molecule has 0 saturated heterocycles. The van der Waals surface area contributed by atoms with E-state index in [2.05, 4.69) is 15.5 Å². The van der Waals surface area contributed by atoms with E-state index in [0.717, 1.165) is 28.2 Å². The van der Waals surface area contributed by atoms with E-state index in [-0.39, 0.29) is 6.03 Å². The van der Waals surface area contributed by atoms with Crippen molar-refractivity contribution in [1.82, 2.24) is 19.7 Å². The predicted octanol–water partition coefficient (Wildman–Crippen LogP) is 3.53. The molecule has 0 fully saturated rings. The molecule has 2 heterocycles. The zero-order valence-electron chi connectivity index (χ0n) is 15.7. The first-order valence-corrected chi connectivity index (χ1v) is 9.54. The fourth-order valence-corrected chi connectivity index (χ4v) is 3.45. The van der Waals surface area contributed by atoms with Gasteiger partial charge in [0.05, 0.1) is 6.61 Å². The molecule has 3 aromatic rings. The molecular weight excluding hydrogens is 362 g/mol. The molecule has 27 heavy (non-hydrogen) atoms. The highest BCUT2D eigenvalue weighted by atomic mass is 32.1. The van der Waals surface area contributed by atoms with Gasteiger partial charge in [0.25, 0.3) is 0 Å². The lowest BCUT2D eigenvalue weighted by molar-refractivity contribution is 0.153. The number of anilines is 1. The Kier molecular flexibility index (Phi) is 6.20. The number of benzene rings is 1. The molecule has 0 aliphatic carbocycles. The van der Waals surface area contributed by atoms with Crippen LogP contribution in [0.1, 0.15) is 11.1 Å². The Hall–Kier alpha value is -2.71. The number of nitrogens with zero attached hydrogens (tertiary/aromatic N) is 4. The third-order valence-corrected chi connectivity index (χ3v) is 5.07. The van der Waals surface area contributed by atoms with Gasteiger partial charge in [0.15, 0.2) is 5.82 Å². The second-order valence-corrected chi connectivity index (χ2v) is 7.00. The number of hydrogen-bond acceptors (Lipinski definition) is 5. The fourth-order valence-electron chi connectivity index (χ4n) is 2.79. The van der Waals surface area contributed by atoms with Crippen molar-refractivity contribution in [1.29, 1.82) is 0 Å². The van der Waals surface area contributed by atoms with Crippen LogP contribution in [0, 0.1) is 6.92 Å². The van der Waals surface area contributed by atoms with Gasteiger partial charge in [0, 0.05) is 38.5 Å². The van der Waals surface area contributed by atoms with E-state index >= 15 is 0 Å². The number of ether oxygens (including phenoxy) is 1. The van der Waals surface area contributed by atoms with Gasteiger partial charge in [0.1, 0.15) is 6.33 Å². The van der Waals surface area contributed by atoms with Crippen molar-refractivity contribution >= 4 is 23.1 Å². The van der Waals surface area contributed by atoms with E-state index in [0.29, 0.717) is 19.7 Å². The quantitative estimate of drug-likeness (QED) is 0.675. The average molecular weight is 385 g/mol. The first-order valence-electron chi connectivity index (χ1n) is 8.60. The van der Waals surface area contributed by atoms with Crippen molar-refractivity contribution in [2.75, 3.05) is 25.6 Å². The lowest BCUT2D eigenvalue weighted by atomic mass is 10.1. The van der Waals surface area contributed by atoms with Crippen molar-refractivity contribution in [3.05, 3.63) is 52.5 Å². The van der Waals surface area contributed by atoms with Gasteiger partial charge in [0.2, 0.25) is 0 Å². The highest BCUT2D eigenvalue weighted by molar-refractivity contribution is 7.07. The standard InChI is InChI=1S/C19H23N5O2S/c1-14-16(18-22-20-13-23(18)2)5-4-6-17(14)21-19(25)24(8-9-26-3)11-15-7-10-27-12-15/h4-7,10,12-13H,8-9,11H2,1-3H3,(H,21,25). The van der Waals surface area contributed by atoms with Crippen molar-refractivity contribution in [2.45, 2.75) is 13.5 Å². The number of amides is 2. The van der Waals surface area contributed by atoms with Gasteiger partial charge in [-0.15, -0.1) is 10.2 Å². The summed E-state index contributed by atoms with van der Waals surface area (Å²) in [5.74, 6) is 0.762. The Balaban J connectivity index is 1.80. The number of methoxy groups -OCH3 is 1. The molecule has 0 atom stereocenters. The zero-order chi connectivity index (χ0) is 19.2. The van der Waals surface area contributed by atoms with Crippen LogP contribution in [0.5, 0.6) is 0 Å². The highest BCUT2D eigenvalue weighted by Gasteiger charge is 2.17. The van der Waals surface area contributed by atoms with E-state index in [9.17, 15) is 4.79 Å². The summed E-state index contributed by atoms with van der Waals surface area (Å²) in [6.07, 6.45) is 1.66. The van der Waals surface area contributed by atoms with Crippen LogP contribution in [0.15, 0.2) is 41.4 Å². The Labute approximate surface area is 162 Å². The second kappa shape index (κ2) is 8.79. The molecule has 1 aromatic carbocycles. The maximum absolute atomic E-state index is 12.9. The van der Waals surface area contributed by atoms with Gasteiger partial charge in [-0.05, 0) is 40.9 Å². The van der Waals surface area contributed by atoms with Crippen molar-refractivity contribution in [3.63, 3.8) is 0 Å². The van der Waals surface area contributed by atoms with Gasteiger partial charge in [-0.2, -0.15) is 11.3 Å². The average Bonchev–Trinajstić information content (AvgIpc) is 3.32. The van der Waals surface area contributed by atoms with Gasteiger partial charge >= 0.3 is 6.03 Å². The molecule has 0 spiro atoms. The van der Waals surface area contributed by atoms with E-state index in [1.165, 1.54) is 0 Å². The zero-order valence-corrected chi connectivity index (χ0v) is 16.5. The minimum Gasteiger partial charge on any atom is -0.383 e. The predicted molar refractivity (Wildman–Crippen MR) is 107 cm³/mol. The number of nitrogens with one attached hydrogen (secondary N) is 1. The molecule has 0 radical (unpaired) electrons. The summed E-state index contributed by atoms with van der Waals surface area (Å²) < 4.78 is 7.02. The molecule has 3 rings (SSSR count). The maximum Gasteiger partial charge on any atom is 0.322 e. The van der Waals surface area contributed by atoms with Crippen LogP contribution >= 0.6 is 11.3 Å². The summed E-state index contributed by atoms with van der Waals surface area (Å²) in [5.41, 5.74) is 3.75. The SMILES string of the molecule is COCCN(Cc1ccsc1)C(=O)Nc1cccc(-c2nncn2C)c1C. The van der Waals surface area contributed by atoms with Gasteiger partial charge in [-0.25, -0.2) is 4.79 Å². The van der Waals surface area contributed by atoms with Crippen LogP contribution in [0.2, 0.25) is 0 Å². The van der Waals surface area contributed by atoms with Crippen LogP contribution in [0.4, 0.5) is 10.5 Å². The normalized spacial score (nSPS) is 10.8. The topological polar surface area (TPSA) is 72.3 Å². The largest absolute Gasteiger partial charge is 0.383 e. The van der Waals surface area contributed by atoms with Crippen LogP contribution in [-0.2, 0) is 18.3 Å². The summed E-state index contributed by atoms with van der Waals surface area (Å²) in [6.45, 7) is 3.51. The fraction of sp³-hybridized carbons (Fsp3) is 0.316. The monoisotopic (exact) mass is 385 g/mol. The number of carbonyl (C=O) groups excluding carboxylic acids is 1. The van der Waals surface area contributed by atoms with E-state index in [1.807, 2.05) is 53.6 Å². The molecule has 1 N–H and O–H groups in total. The van der Waals surface area contributed by atoms with Crippen LogP contribution in [0.25, 0.3) is 11.4 Å². The van der Waals surface area contributed by atoms with E-state index in [1.54, 1.807) is 29.7 Å². The lowest BCUT2D eigenvalue weighted by Crippen LogP contribution is -2.36. The van der Waals surface area contributed by atoms with Crippen LogP contribution in [-0.4, -0.2) is 46.0 Å². The molecular formula is C19H23N5O2S. The maximum atomic E-state index is 12.9. The lowest BCUT2D eigenvalue weighted by Gasteiger charge is -2.23. The summed E-state index contributed by atoms with van der Waals surface area (Å²) in [4.78, 5) is 14.6. The summed E-state index contributed by atoms with van der Waals surface area (Å²) >= 11 is 1.62. The minimum atomic E-state index is -0.156. The summed E-state index contributed by atoms with van der Waals surface area (Å²) in [6, 6.07) is 7.65. The molecule has 142 valence electrons. The molecule has 2 amide bonds. The number of thiophene rings is 1. The second-order valence-electron chi connectivity index (χ2n) is 6.22. The number of rotatable bonds is 7. The number of carbonyl (C=O) groups is 1. The Morgan fingerprint density at radius 2 is 2.22 bits per heavy atom. The van der Waals surface area contributed by atoms with E-state index in [4.69, 9.17) is 4.74 Å². The molecule has 0 saturated carbocycles. The van der Waals surface area contributed by atoms with Crippen molar-refractivity contribution < 1.29 is 9.53 Å². The number of hydrogen-bond donors (Lipinski definition) is 1. The molecule has 8 heteroatoms. The molecule has 0 aliphatic heterocycles. The molecule has 0 bridgehead atoms. The van der Waals surface area contributed by atoms with Gasteiger partial charge in [-0.3, -0.25) is 0 Å². The molecule has 0 unspecified atom stereocenters. The van der Waals surface area contributed by atoms with Crippen molar-refractivity contribution in [2.24, 2.45) is 7.05 Å². The number of aryl methyl sites for hydroxylation is 1. The number of aromatic nitrogens is 3. The minimum absolute atomic E-state index is 0.156. The van der Waals surface area contributed by atoms with Crippen LogP contribution < -0.4 is 5.32 Å². The Bertz CT molecular complexity index is 891. The smallest absolute Gasteiger partial charge is 0.322 e. The molecule has 0 aliphatic rings. The summed E-state index contributed by atoms with van der Waals surface area (Å²) in [5, 5.41) is 15.2. The molecule has 7 nitrogen and oxygen atoms in total. The van der Waals surface area contributed by atoms with Crippen molar-refractivity contribution in [3.8, 4) is 11.4 Å². The first kappa shape index (κ1) is 19.1. The van der Waals surface area contributed by atoms with Crippen LogP contribution in [0.3, 0.4) is 0 Å². The molecule has 2 aromatic heterocycles. The summed E-state index contributed by atoms with van der Waals surface area (Å²) in [7, 11) is 3.53. The number of urea groups is 1. The van der Waals surface area contributed by atoms with E-state index < -0.39 is 0 Å². The van der Waals surface area contributed by atoms with Gasteiger partial charge < -0.3 is 19.5 Å². The van der Waals surface area contributed by atoms with Gasteiger partial charge in [-0.1, -0.05) is 12.1 Å². The Morgan fingerprint density at radius 3 is 2.89 bits per heavy atom.